The largest absolute Gasteiger partial charge is 0.299 e. The quantitative estimate of drug-likeness (QED) is 0.782. The summed E-state index contributed by atoms with van der Waals surface area (Å²) in [6.45, 7) is 5.87. The Balaban J connectivity index is 1.90. The Kier molecular flexibility index (Phi) is 2.81. The smallest absolute Gasteiger partial charge is 0.0705 e. The molecule has 2 heterocycles. The fourth-order valence-corrected chi connectivity index (χ4v) is 2.70. The van der Waals surface area contributed by atoms with Gasteiger partial charge in [-0.05, 0) is 36.6 Å². The van der Waals surface area contributed by atoms with Crippen LogP contribution >= 0.6 is 0 Å². The molecular weight excluding hydrogens is 208 g/mol. The standard InChI is InChI=1S/C15H18N2/c1-12-7-9-17(10-12)11-13-6-8-16-15-5-3-2-4-14(13)15/h2-6,8,12H,7,9-11H2,1H3. The number of likely N-dealkylation sites (tertiary alicyclic amines) is 1. The second-order valence-corrected chi connectivity index (χ2v) is 5.12. The van der Waals surface area contributed by atoms with Crippen LogP contribution in [0.1, 0.15) is 18.9 Å². The van der Waals surface area contributed by atoms with Gasteiger partial charge in [-0.25, -0.2) is 0 Å². The van der Waals surface area contributed by atoms with E-state index in [-0.39, 0.29) is 0 Å². The highest BCUT2D eigenvalue weighted by atomic mass is 15.1. The predicted octanol–water partition coefficient (Wildman–Crippen LogP) is 3.08. The molecule has 3 rings (SSSR count). The number of para-hydroxylation sites is 1. The summed E-state index contributed by atoms with van der Waals surface area (Å²) in [7, 11) is 0. The molecule has 1 fully saturated rings. The summed E-state index contributed by atoms with van der Waals surface area (Å²) < 4.78 is 0. The molecule has 1 atom stereocenters. The summed E-state index contributed by atoms with van der Waals surface area (Å²) in [4.78, 5) is 6.96. The number of nitrogens with zero attached hydrogens (tertiary/aromatic N) is 2. The summed E-state index contributed by atoms with van der Waals surface area (Å²) in [6.07, 6.45) is 3.26. The zero-order valence-corrected chi connectivity index (χ0v) is 10.3. The van der Waals surface area contributed by atoms with Crippen molar-refractivity contribution >= 4 is 10.9 Å². The zero-order chi connectivity index (χ0) is 11.7. The fourth-order valence-electron chi connectivity index (χ4n) is 2.70. The number of rotatable bonds is 2. The molecule has 2 heteroatoms. The van der Waals surface area contributed by atoms with Crippen molar-refractivity contribution < 1.29 is 0 Å². The average molecular weight is 226 g/mol. The first-order valence-electron chi connectivity index (χ1n) is 6.38. The van der Waals surface area contributed by atoms with Crippen LogP contribution in [0, 0.1) is 5.92 Å². The van der Waals surface area contributed by atoms with Crippen molar-refractivity contribution in [2.45, 2.75) is 19.9 Å². The summed E-state index contributed by atoms with van der Waals surface area (Å²) in [5, 5.41) is 1.30. The Hall–Kier alpha value is -1.41. The van der Waals surface area contributed by atoms with E-state index in [9.17, 15) is 0 Å². The molecule has 17 heavy (non-hydrogen) atoms. The fraction of sp³-hybridized carbons (Fsp3) is 0.400. The summed E-state index contributed by atoms with van der Waals surface area (Å²) in [5.41, 5.74) is 2.52. The van der Waals surface area contributed by atoms with Crippen molar-refractivity contribution in [1.29, 1.82) is 0 Å². The van der Waals surface area contributed by atoms with Crippen LogP contribution < -0.4 is 0 Å². The average Bonchev–Trinajstić information content (AvgIpc) is 2.75. The van der Waals surface area contributed by atoms with Gasteiger partial charge < -0.3 is 0 Å². The third kappa shape index (κ3) is 2.18. The van der Waals surface area contributed by atoms with Crippen LogP contribution in [0.5, 0.6) is 0 Å². The van der Waals surface area contributed by atoms with Gasteiger partial charge in [-0.15, -0.1) is 0 Å². The van der Waals surface area contributed by atoms with Gasteiger partial charge in [-0.3, -0.25) is 9.88 Å². The molecule has 0 spiro atoms. The molecule has 1 aromatic heterocycles. The molecule has 0 aliphatic carbocycles. The molecule has 1 aliphatic heterocycles. The maximum absolute atomic E-state index is 4.41. The number of aromatic nitrogens is 1. The molecule has 0 radical (unpaired) electrons. The lowest BCUT2D eigenvalue weighted by Crippen LogP contribution is -2.19. The van der Waals surface area contributed by atoms with E-state index in [0.717, 1.165) is 18.0 Å². The molecular formula is C15H18N2. The van der Waals surface area contributed by atoms with Gasteiger partial charge in [0.2, 0.25) is 0 Å². The van der Waals surface area contributed by atoms with E-state index in [2.05, 4.69) is 47.1 Å². The van der Waals surface area contributed by atoms with E-state index in [1.54, 1.807) is 0 Å². The van der Waals surface area contributed by atoms with Gasteiger partial charge in [0.25, 0.3) is 0 Å². The first-order chi connectivity index (χ1) is 8.33. The van der Waals surface area contributed by atoms with Gasteiger partial charge in [0, 0.05) is 24.7 Å². The normalized spacial score (nSPS) is 21.1. The van der Waals surface area contributed by atoms with Crippen LogP contribution in [-0.2, 0) is 6.54 Å². The van der Waals surface area contributed by atoms with Crippen molar-refractivity contribution in [3.05, 3.63) is 42.1 Å². The van der Waals surface area contributed by atoms with E-state index < -0.39 is 0 Å². The van der Waals surface area contributed by atoms with E-state index in [1.807, 2.05) is 6.20 Å². The van der Waals surface area contributed by atoms with E-state index in [0.29, 0.717) is 0 Å². The second kappa shape index (κ2) is 4.46. The highest BCUT2D eigenvalue weighted by Crippen LogP contribution is 2.22. The van der Waals surface area contributed by atoms with Crippen LogP contribution in [0.25, 0.3) is 10.9 Å². The van der Waals surface area contributed by atoms with Crippen molar-refractivity contribution in [3.63, 3.8) is 0 Å². The molecule has 1 aromatic carbocycles. The Morgan fingerprint density at radius 1 is 1.29 bits per heavy atom. The lowest BCUT2D eigenvalue weighted by atomic mass is 10.1. The number of hydrogen-bond acceptors (Lipinski definition) is 2. The van der Waals surface area contributed by atoms with Gasteiger partial charge >= 0.3 is 0 Å². The lowest BCUT2D eigenvalue weighted by molar-refractivity contribution is 0.321. The molecule has 1 aliphatic rings. The van der Waals surface area contributed by atoms with Crippen LogP contribution in [0.4, 0.5) is 0 Å². The number of fused-ring (bicyclic) bond motifs is 1. The van der Waals surface area contributed by atoms with E-state index in [1.165, 1.54) is 30.5 Å². The summed E-state index contributed by atoms with van der Waals surface area (Å²) in [6, 6.07) is 10.6. The Labute approximate surface area is 102 Å². The minimum absolute atomic E-state index is 0.850. The molecule has 0 saturated carbocycles. The second-order valence-electron chi connectivity index (χ2n) is 5.12. The SMILES string of the molecule is CC1CCN(Cc2ccnc3ccccc23)C1. The van der Waals surface area contributed by atoms with Crippen molar-refractivity contribution in [2.75, 3.05) is 13.1 Å². The van der Waals surface area contributed by atoms with Gasteiger partial charge in [-0.2, -0.15) is 0 Å². The van der Waals surface area contributed by atoms with Gasteiger partial charge in [0.05, 0.1) is 5.52 Å². The van der Waals surface area contributed by atoms with Crippen LogP contribution in [0.2, 0.25) is 0 Å². The molecule has 88 valence electrons. The molecule has 1 saturated heterocycles. The van der Waals surface area contributed by atoms with Gasteiger partial charge in [0.1, 0.15) is 0 Å². The monoisotopic (exact) mass is 226 g/mol. The number of pyridine rings is 1. The van der Waals surface area contributed by atoms with Crippen molar-refractivity contribution in [1.82, 2.24) is 9.88 Å². The highest BCUT2D eigenvalue weighted by molar-refractivity contribution is 5.81. The molecule has 0 N–H and O–H groups in total. The van der Waals surface area contributed by atoms with Crippen LogP contribution in [-0.4, -0.2) is 23.0 Å². The van der Waals surface area contributed by atoms with Crippen molar-refractivity contribution in [2.24, 2.45) is 5.92 Å². The van der Waals surface area contributed by atoms with E-state index in [4.69, 9.17) is 0 Å². The summed E-state index contributed by atoms with van der Waals surface area (Å²) >= 11 is 0. The van der Waals surface area contributed by atoms with Crippen LogP contribution in [0.15, 0.2) is 36.5 Å². The first-order valence-corrected chi connectivity index (χ1v) is 6.38. The Morgan fingerprint density at radius 3 is 3.00 bits per heavy atom. The summed E-state index contributed by atoms with van der Waals surface area (Å²) in [5.74, 6) is 0.850. The molecule has 2 aromatic rings. The minimum atomic E-state index is 0.850. The predicted molar refractivity (Wildman–Crippen MR) is 70.8 cm³/mol. The topological polar surface area (TPSA) is 16.1 Å². The molecule has 2 nitrogen and oxygen atoms in total. The molecule has 0 amide bonds. The molecule has 1 unspecified atom stereocenters. The maximum Gasteiger partial charge on any atom is 0.0705 e. The highest BCUT2D eigenvalue weighted by Gasteiger charge is 2.18. The third-order valence-electron chi connectivity index (χ3n) is 3.64. The van der Waals surface area contributed by atoms with Crippen LogP contribution in [0.3, 0.4) is 0 Å². The number of hydrogen-bond donors (Lipinski definition) is 0. The zero-order valence-electron chi connectivity index (χ0n) is 10.3. The Morgan fingerprint density at radius 2 is 2.18 bits per heavy atom. The van der Waals surface area contributed by atoms with Gasteiger partial charge in [0.15, 0.2) is 0 Å². The van der Waals surface area contributed by atoms with Gasteiger partial charge in [-0.1, -0.05) is 25.1 Å². The number of benzene rings is 1. The Bertz CT molecular complexity index is 516. The lowest BCUT2D eigenvalue weighted by Gasteiger charge is -2.16. The third-order valence-corrected chi connectivity index (χ3v) is 3.64. The van der Waals surface area contributed by atoms with E-state index >= 15 is 0 Å². The molecule has 0 bridgehead atoms. The first kappa shape index (κ1) is 10.7. The minimum Gasteiger partial charge on any atom is -0.299 e. The maximum atomic E-state index is 4.41. The van der Waals surface area contributed by atoms with Crippen molar-refractivity contribution in [3.8, 4) is 0 Å².